The van der Waals surface area contributed by atoms with E-state index in [0.29, 0.717) is 30.9 Å². The van der Waals surface area contributed by atoms with Gasteiger partial charge >= 0.3 is 0 Å². The summed E-state index contributed by atoms with van der Waals surface area (Å²) in [6, 6.07) is 6.28. The molecule has 0 bridgehead atoms. The minimum Gasteiger partial charge on any atom is -0.491 e. The zero-order valence-corrected chi connectivity index (χ0v) is 17.8. The Morgan fingerprint density at radius 1 is 1.29 bits per heavy atom. The average molecular weight is 434 g/mol. The van der Waals surface area contributed by atoms with Crippen molar-refractivity contribution in [1.29, 1.82) is 0 Å². The predicted molar refractivity (Wildman–Crippen MR) is 111 cm³/mol. The molecule has 2 atom stereocenters. The second-order valence-electron chi connectivity index (χ2n) is 6.84. The molecule has 31 heavy (non-hydrogen) atoms. The van der Waals surface area contributed by atoms with Crippen LogP contribution in [0.4, 0.5) is 10.2 Å². The van der Waals surface area contributed by atoms with E-state index < -0.39 is 12.0 Å². The Labute approximate surface area is 180 Å². The van der Waals surface area contributed by atoms with Crippen molar-refractivity contribution in [2.24, 2.45) is 5.73 Å². The summed E-state index contributed by atoms with van der Waals surface area (Å²) < 4.78 is 28.5. The van der Waals surface area contributed by atoms with Crippen LogP contribution in [0, 0.1) is 12.7 Å². The Balaban J connectivity index is 0.000000233. The molecule has 1 aromatic carbocycles. The number of benzene rings is 1. The first kappa shape index (κ1) is 24.2. The first-order valence-electron chi connectivity index (χ1n) is 9.77. The molecule has 2 aromatic rings. The van der Waals surface area contributed by atoms with E-state index in [1.165, 1.54) is 18.3 Å². The van der Waals surface area contributed by atoms with Gasteiger partial charge in [0.2, 0.25) is 5.82 Å². The minimum absolute atomic E-state index is 0.0901. The molecule has 0 radical (unpaired) electrons. The van der Waals surface area contributed by atoms with Crippen LogP contribution in [0.1, 0.15) is 35.9 Å². The molecule has 9 nitrogen and oxygen atoms in total. The lowest BCUT2D eigenvalue weighted by atomic mass is 10.2. The van der Waals surface area contributed by atoms with Gasteiger partial charge in [-0.15, -0.1) is 0 Å². The molecule has 0 spiro atoms. The molecular formula is C21H27FN4O5. The number of carbonyl (C=O) groups excluding carboxylic acids is 2. The van der Waals surface area contributed by atoms with Gasteiger partial charge in [-0.05, 0) is 44.9 Å². The highest BCUT2D eigenvalue weighted by molar-refractivity contribution is 5.94. The molecule has 1 aromatic heterocycles. The monoisotopic (exact) mass is 434 g/mol. The van der Waals surface area contributed by atoms with Gasteiger partial charge in [-0.3, -0.25) is 9.59 Å². The van der Waals surface area contributed by atoms with Gasteiger partial charge in [-0.25, -0.2) is 14.4 Å². The van der Waals surface area contributed by atoms with E-state index in [-0.39, 0.29) is 29.5 Å². The van der Waals surface area contributed by atoms with Gasteiger partial charge in [0.05, 0.1) is 12.7 Å². The summed E-state index contributed by atoms with van der Waals surface area (Å²) in [6.07, 6.45) is 2.52. The first-order valence-corrected chi connectivity index (χ1v) is 9.77. The zero-order valence-electron chi connectivity index (χ0n) is 17.8. The van der Waals surface area contributed by atoms with Crippen LogP contribution in [-0.2, 0) is 14.3 Å². The molecule has 3 rings (SSSR count). The summed E-state index contributed by atoms with van der Waals surface area (Å²) in [4.78, 5) is 30.2. The predicted octanol–water partition coefficient (Wildman–Crippen LogP) is 2.24. The van der Waals surface area contributed by atoms with E-state index in [1.54, 1.807) is 26.2 Å². The van der Waals surface area contributed by atoms with E-state index in [4.69, 9.17) is 19.9 Å². The summed E-state index contributed by atoms with van der Waals surface area (Å²) in [7, 11) is 1.60. The lowest BCUT2D eigenvalue weighted by Gasteiger charge is -2.11. The molecule has 1 aliphatic heterocycles. The fraction of sp³-hybridized carbons (Fsp3) is 0.429. The third-order valence-electron chi connectivity index (χ3n) is 4.41. The largest absolute Gasteiger partial charge is 0.491 e. The van der Waals surface area contributed by atoms with Crippen LogP contribution in [0.5, 0.6) is 5.75 Å². The number of nitrogens with two attached hydrogens (primary N) is 1. The van der Waals surface area contributed by atoms with Gasteiger partial charge in [0.15, 0.2) is 0 Å². The second kappa shape index (κ2) is 11.9. The fourth-order valence-corrected chi connectivity index (χ4v) is 2.73. The molecule has 168 valence electrons. The number of rotatable bonds is 7. The highest BCUT2D eigenvalue weighted by Crippen LogP contribution is 2.20. The molecule has 10 heteroatoms. The number of amides is 2. The third-order valence-corrected chi connectivity index (χ3v) is 4.41. The zero-order chi connectivity index (χ0) is 22.8. The van der Waals surface area contributed by atoms with Gasteiger partial charge in [0.25, 0.3) is 11.8 Å². The molecule has 2 heterocycles. The van der Waals surface area contributed by atoms with Crippen LogP contribution in [0.15, 0.2) is 30.5 Å². The lowest BCUT2D eigenvalue weighted by Crippen LogP contribution is -2.28. The summed E-state index contributed by atoms with van der Waals surface area (Å²) in [5.41, 5.74) is 5.59. The van der Waals surface area contributed by atoms with Gasteiger partial charge in [-0.2, -0.15) is 0 Å². The number of aromatic nitrogens is 2. The van der Waals surface area contributed by atoms with Gasteiger partial charge in [-0.1, -0.05) is 6.07 Å². The Hall–Kier alpha value is -3.11. The van der Waals surface area contributed by atoms with Crippen molar-refractivity contribution in [2.75, 3.05) is 25.6 Å². The number of ether oxygens (including phenoxy) is 3. The van der Waals surface area contributed by atoms with Crippen molar-refractivity contribution >= 4 is 17.6 Å². The Morgan fingerprint density at radius 2 is 2.06 bits per heavy atom. The number of halogens is 1. The molecule has 0 saturated carbocycles. The van der Waals surface area contributed by atoms with Crippen LogP contribution in [0.25, 0.3) is 0 Å². The van der Waals surface area contributed by atoms with Crippen LogP contribution in [0.3, 0.4) is 0 Å². The van der Waals surface area contributed by atoms with Gasteiger partial charge in [0, 0.05) is 18.9 Å². The summed E-state index contributed by atoms with van der Waals surface area (Å²) >= 11 is 0. The number of nitrogens with one attached hydrogen (secondary N) is 1. The smallest absolute Gasteiger partial charge is 0.286 e. The van der Waals surface area contributed by atoms with Crippen molar-refractivity contribution < 1.29 is 28.2 Å². The third kappa shape index (κ3) is 7.58. The van der Waals surface area contributed by atoms with Gasteiger partial charge in [0.1, 0.15) is 30.1 Å². The van der Waals surface area contributed by atoms with E-state index in [9.17, 15) is 14.0 Å². The van der Waals surface area contributed by atoms with E-state index >= 15 is 0 Å². The normalized spacial score (nSPS) is 17.4. The first-order chi connectivity index (χ1) is 14.8. The fourth-order valence-electron chi connectivity index (χ4n) is 2.73. The number of anilines is 1. The van der Waals surface area contributed by atoms with Crippen molar-refractivity contribution in [2.45, 2.75) is 38.9 Å². The molecule has 1 aliphatic rings. The molecule has 0 aliphatic carbocycles. The second-order valence-corrected chi connectivity index (χ2v) is 6.84. The molecule has 1 saturated heterocycles. The van der Waals surface area contributed by atoms with Crippen LogP contribution in [0.2, 0.25) is 0 Å². The van der Waals surface area contributed by atoms with Crippen molar-refractivity contribution in [1.82, 2.24) is 9.97 Å². The van der Waals surface area contributed by atoms with E-state index in [2.05, 4.69) is 15.3 Å². The molecule has 2 amide bonds. The molecule has 2 unspecified atom stereocenters. The standard InChI is InChI=1S/C11H14N4O3.C10H13FO2/c1-6-2-3-7(18-6)11(17)15-8-4-5-13-10(14-8)9(12)16;1-8-9(11)4-3-5-10(8)13-7-6-12-2/h4-7H,2-3H2,1H3,(H2,12,16)(H,13,14,15,17);3-5H,6-7H2,1-2H3. The van der Waals surface area contributed by atoms with Crippen molar-refractivity contribution in [3.05, 3.63) is 47.7 Å². The number of hydrogen-bond acceptors (Lipinski definition) is 7. The number of carbonyl (C=O) groups is 2. The van der Waals surface area contributed by atoms with Crippen molar-refractivity contribution in [3.63, 3.8) is 0 Å². The Bertz CT molecular complexity index is 896. The number of nitrogens with zero attached hydrogens (tertiary/aromatic N) is 2. The highest BCUT2D eigenvalue weighted by atomic mass is 19.1. The van der Waals surface area contributed by atoms with Crippen LogP contribution < -0.4 is 15.8 Å². The number of primary amides is 1. The summed E-state index contributed by atoms with van der Waals surface area (Å²) in [5.74, 6) is -0.558. The van der Waals surface area contributed by atoms with E-state index in [0.717, 1.165) is 6.42 Å². The number of hydrogen-bond donors (Lipinski definition) is 2. The SMILES string of the molecule is CC1CCC(C(=O)Nc2ccnc(C(N)=O)n2)O1.COCCOc1cccc(F)c1C. The topological polar surface area (TPSA) is 126 Å². The lowest BCUT2D eigenvalue weighted by molar-refractivity contribution is -0.126. The average Bonchev–Trinajstić information content (AvgIpc) is 3.18. The molecule has 3 N–H and O–H groups in total. The van der Waals surface area contributed by atoms with Gasteiger partial charge < -0.3 is 25.3 Å². The van der Waals surface area contributed by atoms with Crippen molar-refractivity contribution in [3.8, 4) is 5.75 Å². The summed E-state index contributed by atoms with van der Waals surface area (Å²) in [5, 5.41) is 2.58. The van der Waals surface area contributed by atoms with E-state index in [1.807, 2.05) is 6.92 Å². The molecular weight excluding hydrogens is 407 g/mol. The maximum absolute atomic E-state index is 13.0. The number of methoxy groups -OCH3 is 1. The Kier molecular flexibility index (Phi) is 9.29. The Morgan fingerprint density at radius 3 is 2.71 bits per heavy atom. The highest BCUT2D eigenvalue weighted by Gasteiger charge is 2.28. The summed E-state index contributed by atoms with van der Waals surface area (Å²) in [6.45, 7) is 4.57. The maximum atomic E-state index is 13.0. The quantitative estimate of drug-likeness (QED) is 0.640. The minimum atomic E-state index is -0.739. The van der Waals surface area contributed by atoms with Crippen LogP contribution >= 0.6 is 0 Å². The maximum Gasteiger partial charge on any atom is 0.286 e. The molecule has 1 fully saturated rings. The van der Waals surface area contributed by atoms with Crippen LogP contribution in [-0.4, -0.2) is 54.3 Å².